The maximum atomic E-state index is 12.6. The van der Waals surface area contributed by atoms with Crippen molar-refractivity contribution in [3.05, 3.63) is 29.3 Å². The van der Waals surface area contributed by atoms with Gasteiger partial charge >= 0.3 is 12.1 Å². The van der Waals surface area contributed by atoms with Crippen molar-refractivity contribution < 1.29 is 23.1 Å². The highest BCUT2D eigenvalue weighted by Gasteiger charge is 2.33. The van der Waals surface area contributed by atoms with E-state index in [9.17, 15) is 18.0 Å². The average Bonchev–Trinajstić information content (AvgIpc) is 2.68. The highest BCUT2D eigenvalue weighted by Crippen LogP contribution is 2.35. The van der Waals surface area contributed by atoms with Crippen LogP contribution in [0.5, 0.6) is 0 Å². The third-order valence-corrected chi connectivity index (χ3v) is 3.32. The molecule has 2 atom stereocenters. The Morgan fingerprint density at radius 2 is 2.21 bits per heavy atom. The van der Waals surface area contributed by atoms with Crippen molar-refractivity contribution >= 4 is 11.7 Å². The van der Waals surface area contributed by atoms with Gasteiger partial charge in [-0.25, -0.2) is 0 Å². The van der Waals surface area contributed by atoms with E-state index in [2.05, 4.69) is 5.32 Å². The molecule has 0 aliphatic carbocycles. The number of benzene rings is 1. The standard InChI is InChI=1S/C13H14F3NO2/c1-7(12(18)19)4-10-6-8-5-9(13(14,15)16)2-3-11(8)17-10/h2-3,5,7,10,17H,4,6H2,1H3,(H,18,19). The molecule has 2 unspecified atom stereocenters. The molecule has 0 amide bonds. The van der Waals surface area contributed by atoms with E-state index in [1.165, 1.54) is 6.07 Å². The molecule has 0 saturated carbocycles. The zero-order valence-corrected chi connectivity index (χ0v) is 10.3. The molecule has 0 bridgehead atoms. The van der Waals surface area contributed by atoms with E-state index in [4.69, 9.17) is 5.11 Å². The number of carboxylic acid groups (broad SMARTS) is 1. The highest BCUT2D eigenvalue weighted by molar-refractivity contribution is 5.70. The number of carboxylic acids is 1. The molecule has 19 heavy (non-hydrogen) atoms. The maximum Gasteiger partial charge on any atom is 0.416 e. The van der Waals surface area contributed by atoms with Gasteiger partial charge in [0.25, 0.3) is 0 Å². The number of carbonyl (C=O) groups is 1. The van der Waals surface area contributed by atoms with Crippen LogP contribution in [0.15, 0.2) is 18.2 Å². The fourth-order valence-corrected chi connectivity index (χ4v) is 2.29. The number of rotatable bonds is 3. The average molecular weight is 273 g/mol. The number of anilines is 1. The molecule has 1 heterocycles. The summed E-state index contributed by atoms with van der Waals surface area (Å²) in [6, 6.07) is 3.45. The lowest BCUT2D eigenvalue weighted by Crippen LogP contribution is -2.22. The lowest BCUT2D eigenvalue weighted by Gasteiger charge is -2.13. The molecular formula is C13H14F3NO2. The fourth-order valence-electron chi connectivity index (χ4n) is 2.29. The Kier molecular flexibility index (Phi) is 3.43. The van der Waals surface area contributed by atoms with Crippen molar-refractivity contribution in [2.45, 2.75) is 32.0 Å². The van der Waals surface area contributed by atoms with Crippen molar-refractivity contribution in [3.63, 3.8) is 0 Å². The van der Waals surface area contributed by atoms with Gasteiger partial charge in [-0.3, -0.25) is 4.79 Å². The van der Waals surface area contributed by atoms with Gasteiger partial charge in [0, 0.05) is 11.7 Å². The summed E-state index contributed by atoms with van der Waals surface area (Å²) in [7, 11) is 0. The molecule has 3 nitrogen and oxygen atoms in total. The Morgan fingerprint density at radius 3 is 2.79 bits per heavy atom. The maximum absolute atomic E-state index is 12.6. The summed E-state index contributed by atoms with van der Waals surface area (Å²) in [5, 5.41) is 11.9. The number of nitrogens with one attached hydrogen (secondary N) is 1. The Morgan fingerprint density at radius 1 is 1.53 bits per heavy atom. The van der Waals surface area contributed by atoms with E-state index in [-0.39, 0.29) is 6.04 Å². The SMILES string of the molecule is CC(CC1Cc2cc(C(F)(F)F)ccc2N1)C(=O)O. The quantitative estimate of drug-likeness (QED) is 0.889. The van der Waals surface area contributed by atoms with E-state index in [0.717, 1.165) is 12.1 Å². The van der Waals surface area contributed by atoms with Gasteiger partial charge < -0.3 is 10.4 Å². The largest absolute Gasteiger partial charge is 0.481 e. The third kappa shape index (κ3) is 3.00. The normalized spacial score (nSPS) is 19.7. The number of alkyl halides is 3. The number of fused-ring (bicyclic) bond motifs is 1. The van der Waals surface area contributed by atoms with Gasteiger partial charge in [-0.05, 0) is 36.6 Å². The molecule has 6 heteroatoms. The van der Waals surface area contributed by atoms with Crippen LogP contribution in [-0.4, -0.2) is 17.1 Å². The van der Waals surface area contributed by atoms with Gasteiger partial charge in [-0.1, -0.05) is 6.92 Å². The van der Waals surface area contributed by atoms with E-state index in [1.54, 1.807) is 6.92 Å². The number of halogens is 3. The number of hydrogen-bond donors (Lipinski definition) is 2. The first kappa shape index (κ1) is 13.7. The summed E-state index contributed by atoms with van der Waals surface area (Å²) in [4.78, 5) is 10.8. The molecule has 0 spiro atoms. The minimum Gasteiger partial charge on any atom is -0.481 e. The van der Waals surface area contributed by atoms with Crippen LogP contribution in [0.2, 0.25) is 0 Å². The van der Waals surface area contributed by atoms with E-state index < -0.39 is 23.6 Å². The second kappa shape index (κ2) is 4.75. The second-order valence-corrected chi connectivity index (χ2v) is 4.89. The Bertz CT molecular complexity index is 499. The second-order valence-electron chi connectivity index (χ2n) is 4.89. The molecule has 1 aliphatic heterocycles. The minimum atomic E-state index is -4.35. The van der Waals surface area contributed by atoms with Gasteiger partial charge in [-0.15, -0.1) is 0 Å². The van der Waals surface area contributed by atoms with Gasteiger partial charge in [-0.2, -0.15) is 13.2 Å². The zero-order chi connectivity index (χ0) is 14.2. The number of aliphatic carboxylic acids is 1. The summed E-state index contributed by atoms with van der Waals surface area (Å²) >= 11 is 0. The molecule has 0 radical (unpaired) electrons. The summed E-state index contributed by atoms with van der Waals surface area (Å²) in [5.74, 6) is -1.41. The predicted molar refractivity (Wildman–Crippen MR) is 64.0 cm³/mol. The molecular weight excluding hydrogens is 259 g/mol. The first-order valence-electron chi connectivity index (χ1n) is 5.97. The Labute approximate surface area is 108 Å². The molecule has 1 aromatic rings. The summed E-state index contributed by atoms with van der Waals surface area (Å²) in [6.45, 7) is 1.59. The molecule has 2 N–H and O–H groups in total. The third-order valence-electron chi connectivity index (χ3n) is 3.32. The lowest BCUT2D eigenvalue weighted by atomic mass is 9.99. The van der Waals surface area contributed by atoms with Crippen LogP contribution >= 0.6 is 0 Å². The van der Waals surface area contributed by atoms with Crippen LogP contribution in [0.3, 0.4) is 0 Å². The van der Waals surface area contributed by atoms with Crippen LogP contribution in [0.1, 0.15) is 24.5 Å². The van der Waals surface area contributed by atoms with Gasteiger partial charge in [0.05, 0.1) is 11.5 Å². The molecule has 0 aromatic heterocycles. The highest BCUT2D eigenvalue weighted by atomic mass is 19.4. The van der Waals surface area contributed by atoms with E-state index in [1.807, 2.05) is 0 Å². The molecule has 1 aromatic carbocycles. The monoisotopic (exact) mass is 273 g/mol. The minimum absolute atomic E-state index is 0.121. The van der Waals surface area contributed by atoms with Crippen molar-refractivity contribution in [1.29, 1.82) is 0 Å². The van der Waals surface area contributed by atoms with Crippen molar-refractivity contribution in [2.24, 2.45) is 5.92 Å². The predicted octanol–water partition coefficient (Wildman–Crippen LogP) is 3.15. The van der Waals surface area contributed by atoms with E-state index in [0.29, 0.717) is 24.1 Å². The Balaban J connectivity index is 2.10. The van der Waals surface area contributed by atoms with Crippen LogP contribution in [0, 0.1) is 5.92 Å². The molecule has 0 fully saturated rings. The van der Waals surface area contributed by atoms with Gasteiger partial charge in [0.15, 0.2) is 0 Å². The van der Waals surface area contributed by atoms with Crippen molar-refractivity contribution in [2.75, 3.05) is 5.32 Å². The first-order chi connectivity index (χ1) is 8.77. The van der Waals surface area contributed by atoms with Crippen molar-refractivity contribution in [1.82, 2.24) is 0 Å². The van der Waals surface area contributed by atoms with Crippen LogP contribution in [0.25, 0.3) is 0 Å². The summed E-state index contributed by atoms with van der Waals surface area (Å²) < 4.78 is 37.7. The van der Waals surface area contributed by atoms with Crippen LogP contribution in [0.4, 0.5) is 18.9 Å². The lowest BCUT2D eigenvalue weighted by molar-refractivity contribution is -0.141. The summed E-state index contributed by atoms with van der Waals surface area (Å²) in [5.41, 5.74) is 0.591. The molecule has 2 rings (SSSR count). The molecule has 1 aliphatic rings. The van der Waals surface area contributed by atoms with E-state index >= 15 is 0 Å². The smallest absolute Gasteiger partial charge is 0.416 e. The topological polar surface area (TPSA) is 49.3 Å². The summed E-state index contributed by atoms with van der Waals surface area (Å²) in [6.07, 6.45) is -3.52. The molecule has 104 valence electrons. The van der Waals surface area contributed by atoms with Gasteiger partial charge in [0.2, 0.25) is 0 Å². The van der Waals surface area contributed by atoms with Crippen LogP contribution < -0.4 is 5.32 Å². The fraction of sp³-hybridized carbons (Fsp3) is 0.462. The first-order valence-corrected chi connectivity index (χ1v) is 5.97. The Hall–Kier alpha value is -1.72. The zero-order valence-electron chi connectivity index (χ0n) is 10.3. The molecule has 0 saturated heterocycles. The van der Waals surface area contributed by atoms with Crippen LogP contribution in [-0.2, 0) is 17.4 Å². The van der Waals surface area contributed by atoms with Crippen molar-refractivity contribution in [3.8, 4) is 0 Å². The van der Waals surface area contributed by atoms with Gasteiger partial charge in [0.1, 0.15) is 0 Å². The number of hydrogen-bond acceptors (Lipinski definition) is 2.